The van der Waals surface area contributed by atoms with Crippen LogP contribution in [-0.2, 0) is 4.79 Å². The van der Waals surface area contributed by atoms with Gasteiger partial charge in [0.1, 0.15) is 11.3 Å². The topological polar surface area (TPSA) is 64.4 Å². The van der Waals surface area contributed by atoms with E-state index in [9.17, 15) is 4.79 Å². The monoisotopic (exact) mass is 400 g/mol. The van der Waals surface area contributed by atoms with Gasteiger partial charge in [-0.3, -0.25) is 4.79 Å². The smallest absolute Gasteiger partial charge is 0.262 e. The predicted molar refractivity (Wildman–Crippen MR) is 119 cm³/mol. The Morgan fingerprint density at radius 3 is 2.47 bits per heavy atom. The van der Waals surface area contributed by atoms with Gasteiger partial charge in [0, 0.05) is 11.3 Å². The summed E-state index contributed by atoms with van der Waals surface area (Å²) in [6.07, 6.45) is 0. The Labute approximate surface area is 175 Å². The number of nitrogens with zero attached hydrogens (tertiary/aromatic N) is 1. The summed E-state index contributed by atoms with van der Waals surface area (Å²) in [6, 6.07) is 17.4. The summed E-state index contributed by atoms with van der Waals surface area (Å²) < 4.78 is 11.6. The van der Waals surface area contributed by atoms with Crippen molar-refractivity contribution in [2.75, 3.05) is 11.9 Å². The van der Waals surface area contributed by atoms with E-state index in [2.05, 4.69) is 23.3 Å². The minimum absolute atomic E-state index is 0.0610. The number of fused-ring (bicyclic) bond motifs is 1. The molecule has 30 heavy (non-hydrogen) atoms. The van der Waals surface area contributed by atoms with Crippen LogP contribution < -0.4 is 10.1 Å². The van der Waals surface area contributed by atoms with E-state index in [1.54, 1.807) is 0 Å². The predicted octanol–water partition coefficient (Wildman–Crippen LogP) is 5.75. The number of carbonyl (C=O) groups excluding carboxylic acids is 1. The SMILES string of the molecule is Cc1cc(C)cc(OCC(=O)Nc2cccc(-c3nc4cc(C)c(C)cc4o3)c2)c1. The lowest BCUT2D eigenvalue weighted by Gasteiger charge is -2.09. The molecule has 1 heterocycles. The highest BCUT2D eigenvalue weighted by Gasteiger charge is 2.11. The Hall–Kier alpha value is -3.60. The van der Waals surface area contributed by atoms with Crippen molar-refractivity contribution in [1.82, 2.24) is 4.98 Å². The van der Waals surface area contributed by atoms with E-state index in [4.69, 9.17) is 9.15 Å². The Balaban J connectivity index is 1.47. The van der Waals surface area contributed by atoms with Gasteiger partial charge in [0.15, 0.2) is 12.2 Å². The molecule has 152 valence electrons. The standard InChI is InChI=1S/C25H24N2O3/c1-15-8-16(2)10-21(9-15)29-14-24(28)26-20-7-5-6-19(13-20)25-27-22-11-17(3)18(4)12-23(22)30-25/h5-13H,14H2,1-4H3,(H,26,28). The van der Waals surface area contributed by atoms with Gasteiger partial charge in [0.25, 0.3) is 5.91 Å². The molecule has 5 heteroatoms. The fraction of sp³-hybridized carbons (Fsp3) is 0.200. The maximum Gasteiger partial charge on any atom is 0.262 e. The van der Waals surface area contributed by atoms with Crippen LogP contribution in [-0.4, -0.2) is 17.5 Å². The Bertz CT molecular complexity index is 1180. The van der Waals surface area contributed by atoms with Crippen molar-refractivity contribution in [3.05, 3.63) is 76.9 Å². The number of hydrogen-bond acceptors (Lipinski definition) is 4. The van der Waals surface area contributed by atoms with E-state index in [-0.39, 0.29) is 12.5 Å². The van der Waals surface area contributed by atoms with Crippen molar-refractivity contribution in [3.8, 4) is 17.2 Å². The summed E-state index contributed by atoms with van der Waals surface area (Å²) in [4.78, 5) is 16.9. The van der Waals surface area contributed by atoms with Gasteiger partial charge < -0.3 is 14.5 Å². The fourth-order valence-electron chi connectivity index (χ4n) is 3.40. The minimum Gasteiger partial charge on any atom is -0.484 e. The molecule has 0 atom stereocenters. The normalized spacial score (nSPS) is 10.9. The van der Waals surface area contributed by atoms with Crippen molar-refractivity contribution in [1.29, 1.82) is 0 Å². The molecule has 1 aromatic heterocycles. The zero-order valence-electron chi connectivity index (χ0n) is 17.6. The number of nitrogens with one attached hydrogen (secondary N) is 1. The molecule has 3 aromatic carbocycles. The largest absolute Gasteiger partial charge is 0.484 e. The van der Waals surface area contributed by atoms with Crippen molar-refractivity contribution in [2.45, 2.75) is 27.7 Å². The number of carbonyl (C=O) groups is 1. The molecule has 4 rings (SSSR count). The lowest BCUT2D eigenvalue weighted by Crippen LogP contribution is -2.20. The van der Waals surface area contributed by atoms with E-state index in [1.165, 1.54) is 5.56 Å². The molecule has 4 aromatic rings. The van der Waals surface area contributed by atoms with Gasteiger partial charge in [-0.15, -0.1) is 0 Å². The molecule has 0 unspecified atom stereocenters. The molecule has 0 saturated carbocycles. The van der Waals surface area contributed by atoms with Gasteiger partial charge in [-0.05, 0) is 92.4 Å². The van der Waals surface area contributed by atoms with Gasteiger partial charge in [-0.2, -0.15) is 0 Å². The number of amides is 1. The first-order valence-corrected chi connectivity index (χ1v) is 9.86. The third-order valence-electron chi connectivity index (χ3n) is 4.96. The van der Waals surface area contributed by atoms with Crippen molar-refractivity contribution < 1.29 is 13.9 Å². The molecule has 0 aliphatic rings. The van der Waals surface area contributed by atoms with Gasteiger partial charge in [0.05, 0.1) is 0 Å². The zero-order valence-corrected chi connectivity index (χ0v) is 17.6. The Morgan fingerprint density at radius 2 is 1.70 bits per heavy atom. The summed E-state index contributed by atoms with van der Waals surface area (Å²) in [5, 5.41) is 2.87. The number of ether oxygens (including phenoxy) is 1. The van der Waals surface area contributed by atoms with E-state index >= 15 is 0 Å². The molecular formula is C25H24N2O3. The van der Waals surface area contributed by atoms with Crippen LogP contribution in [0.3, 0.4) is 0 Å². The van der Waals surface area contributed by atoms with Gasteiger partial charge in [0.2, 0.25) is 5.89 Å². The van der Waals surface area contributed by atoms with Crippen LogP contribution >= 0.6 is 0 Å². The summed E-state index contributed by atoms with van der Waals surface area (Å²) in [5.41, 5.74) is 7.57. The van der Waals surface area contributed by atoms with Crippen LogP contribution in [0, 0.1) is 27.7 Å². The highest BCUT2D eigenvalue weighted by Crippen LogP contribution is 2.28. The first kappa shape index (κ1) is 19.7. The average Bonchev–Trinajstić information content (AvgIpc) is 3.09. The number of aromatic nitrogens is 1. The highest BCUT2D eigenvalue weighted by molar-refractivity contribution is 5.92. The maximum atomic E-state index is 12.3. The molecule has 0 spiro atoms. The molecular weight excluding hydrogens is 376 g/mol. The molecule has 1 amide bonds. The second-order valence-corrected chi connectivity index (χ2v) is 7.66. The third-order valence-corrected chi connectivity index (χ3v) is 4.96. The maximum absolute atomic E-state index is 12.3. The number of aryl methyl sites for hydroxylation is 4. The highest BCUT2D eigenvalue weighted by atomic mass is 16.5. The van der Waals surface area contributed by atoms with Crippen LogP contribution in [0.2, 0.25) is 0 Å². The van der Waals surface area contributed by atoms with E-state index in [1.807, 2.05) is 69.3 Å². The van der Waals surface area contributed by atoms with E-state index in [0.717, 1.165) is 33.4 Å². The zero-order chi connectivity index (χ0) is 21.3. The molecule has 0 radical (unpaired) electrons. The van der Waals surface area contributed by atoms with Crippen LogP contribution in [0.15, 0.2) is 59.0 Å². The minimum atomic E-state index is -0.227. The second kappa shape index (κ2) is 8.03. The average molecular weight is 400 g/mol. The van der Waals surface area contributed by atoms with E-state index < -0.39 is 0 Å². The van der Waals surface area contributed by atoms with Crippen molar-refractivity contribution >= 4 is 22.7 Å². The molecule has 0 fully saturated rings. The molecule has 5 nitrogen and oxygen atoms in total. The molecule has 0 aliphatic carbocycles. The summed E-state index contributed by atoms with van der Waals surface area (Å²) in [5.74, 6) is 0.987. The van der Waals surface area contributed by atoms with Gasteiger partial charge >= 0.3 is 0 Å². The van der Waals surface area contributed by atoms with E-state index in [0.29, 0.717) is 17.3 Å². The van der Waals surface area contributed by atoms with Crippen LogP contribution in [0.5, 0.6) is 5.75 Å². The molecule has 1 N–H and O–H groups in total. The van der Waals surface area contributed by atoms with Gasteiger partial charge in [-0.1, -0.05) is 12.1 Å². The van der Waals surface area contributed by atoms with Crippen LogP contribution in [0.1, 0.15) is 22.3 Å². The lowest BCUT2D eigenvalue weighted by atomic mass is 10.1. The first-order valence-electron chi connectivity index (χ1n) is 9.86. The number of rotatable bonds is 5. The van der Waals surface area contributed by atoms with Crippen LogP contribution in [0.4, 0.5) is 5.69 Å². The Kier molecular flexibility index (Phi) is 5.27. The lowest BCUT2D eigenvalue weighted by molar-refractivity contribution is -0.118. The van der Waals surface area contributed by atoms with Gasteiger partial charge in [-0.25, -0.2) is 4.98 Å². The van der Waals surface area contributed by atoms with Crippen molar-refractivity contribution in [2.24, 2.45) is 0 Å². The quantitative estimate of drug-likeness (QED) is 0.463. The molecule has 0 bridgehead atoms. The summed E-state index contributed by atoms with van der Waals surface area (Å²) in [6.45, 7) is 8.04. The third kappa shape index (κ3) is 4.35. The second-order valence-electron chi connectivity index (χ2n) is 7.66. The molecule has 0 saturated heterocycles. The van der Waals surface area contributed by atoms with Crippen molar-refractivity contribution in [3.63, 3.8) is 0 Å². The van der Waals surface area contributed by atoms with Crippen LogP contribution in [0.25, 0.3) is 22.6 Å². The fourth-order valence-corrected chi connectivity index (χ4v) is 3.40. The number of oxazole rings is 1. The number of anilines is 1. The first-order chi connectivity index (χ1) is 14.4. The number of benzene rings is 3. The number of hydrogen-bond donors (Lipinski definition) is 1. The molecule has 0 aliphatic heterocycles. The summed E-state index contributed by atoms with van der Waals surface area (Å²) in [7, 11) is 0. The Morgan fingerprint density at radius 1 is 0.967 bits per heavy atom. The summed E-state index contributed by atoms with van der Waals surface area (Å²) >= 11 is 0.